The molecule has 1 heterocycles. The molecule has 0 saturated heterocycles. The number of amidine groups is 2. The zero-order chi connectivity index (χ0) is 39.0. The smallest absolute Gasteiger partial charge is 0.162 e. The van der Waals surface area contributed by atoms with Crippen LogP contribution >= 0.6 is 0 Å². The Bertz CT molecular complexity index is 2840. The number of rotatable bonds is 7. The fourth-order valence-corrected chi connectivity index (χ4v) is 7.52. The Balaban J connectivity index is 1.28. The number of fused-ring (bicyclic) bond motifs is 3. The summed E-state index contributed by atoms with van der Waals surface area (Å²) >= 11 is 0. The van der Waals surface area contributed by atoms with Crippen LogP contribution in [-0.4, -0.2) is 17.9 Å². The molecule has 0 spiro atoms. The van der Waals surface area contributed by atoms with Crippen molar-refractivity contribution >= 4 is 45.5 Å². The summed E-state index contributed by atoms with van der Waals surface area (Å²) in [6, 6.07) is 49.8. The lowest BCUT2D eigenvalue weighted by Crippen LogP contribution is -2.08. The van der Waals surface area contributed by atoms with Crippen molar-refractivity contribution in [1.29, 1.82) is 0 Å². The van der Waals surface area contributed by atoms with Gasteiger partial charge in [-0.05, 0) is 123 Å². The monoisotopic (exact) mass is 733 g/mol. The van der Waals surface area contributed by atoms with Gasteiger partial charge in [-0.1, -0.05) is 164 Å². The molecule has 0 N–H and O–H groups in total. The minimum absolute atomic E-state index is 0.583. The van der Waals surface area contributed by atoms with Crippen molar-refractivity contribution in [2.24, 2.45) is 15.0 Å². The van der Waals surface area contributed by atoms with Crippen LogP contribution in [0.2, 0.25) is 0 Å². The van der Waals surface area contributed by atoms with Crippen molar-refractivity contribution < 1.29 is 0 Å². The van der Waals surface area contributed by atoms with Gasteiger partial charge in [0.05, 0.1) is 0 Å². The molecule has 7 aromatic carbocycles. The molecule has 0 unspecified atom stereocenters. The molecule has 0 aromatic heterocycles. The molecule has 1 aliphatic rings. The molecule has 0 radical (unpaired) electrons. The Morgan fingerprint density at radius 1 is 0.491 bits per heavy atom. The Labute approximate surface area is 335 Å². The van der Waals surface area contributed by atoms with E-state index in [1.54, 1.807) is 12.4 Å². The highest BCUT2D eigenvalue weighted by Crippen LogP contribution is 2.38. The Hall–Kier alpha value is -7.23. The van der Waals surface area contributed by atoms with Crippen LogP contribution in [-0.2, 0) is 0 Å². The third kappa shape index (κ3) is 7.96. The van der Waals surface area contributed by atoms with Gasteiger partial charge in [0, 0.05) is 23.5 Å². The van der Waals surface area contributed by atoms with Crippen LogP contribution in [0.15, 0.2) is 209 Å². The first-order valence-corrected chi connectivity index (χ1v) is 19.4. The highest BCUT2D eigenvalue weighted by molar-refractivity contribution is 6.16. The number of benzene rings is 7. The van der Waals surface area contributed by atoms with Gasteiger partial charge in [0.2, 0.25) is 0 Å². The van der Waals surface area contributed by atoms with Gasteiger partial charge >= 0.3 is 0 Å². The largest absolute Gasteiger partial charge is 0.237 e. The molecule has 7 aromatic rings. The second-order valence-electron chi connectivity index (χ2n) is 14.0. The molecule has 1 aliphatic heterocycles. The summed E-state index contributed by atoms with van der Waals surface area (Å²) in [6.07, 6.45) is 21.7. The fraction of sp³-hybridized carbons (Fsp3) is 0.0556. The van der Waals surface area contributed by atoms with E-state index in [0.29, 0.717) is 11.7 Å². The van der Waals surface area contributed by atoms with Crippen molar-refractivity contribution in [1.82, 2.24) is 0 Å². The minimum atomic E-state index is 0.583. The number of aryl methyl sites for hydroxylation is 1. The third-order valence-electron chi connectivity index (χ3n) is 10.4. The van der Waals surface area contributed by atoms with E-state index in [-0.39, 0.29) is 0 Å². The number of nitrogens with zero attached hydrogens (tertiary/aromatic N) is 3. The first-order valence-electron chi connectivity index (χ1n) is 19.4. The topological polar surface area (TPSA) is 37.1 Å². The zero-order valence-electron chi connectivity index (χ0n) is 32.5. The van der Waals surface area contributed by atoms with Crippen LogP contribution in [0.3, 0.4) is 0 Å². The maximum atomic E-state index is 5.20. The van der Waals surface area contributed by atoms with E-state index in [1.165, 1.54) is 49.4 Å². The lowest BCUT2D eigenvalue weighted by atomic mass is 9.86. The van der Waals surface area contributed by atoms with Gasteiger partial charge in [-0.3, -0.25) is 0 Å². The molecule has 3 nitrogen and oxygen atoms in total. The summed E-state index contributed by atoms with van der Waals surface area (Å²) < 4.78 is 0. The molecule has 0 bridgehead atoms. The van der Waals surface area contributed by atoms with Crippen LogP contribution in [0, 0.1) is 13.8 Å². The molecule has 0 fully saturated rings. The van der Waals surface area contributed by atoms with E-state index in [0.717, 1.165) is 33.4 Å². The van der Waals surface area contributed by atoms with E-state index in [2.05, 4.69) is 147 Å². The van der Waals surface area contributed by atoms with E-state index >= 15 is 0 Å². The molecule has 0 atom stereocenters. The summed E-state index contributed by atoms with van der Waals surface area (Å²) in [4.78, 5) is 15.0. The minimum Gasteiger partial charge on any atom is -0.237 e. The summed E-state index contributed by atoms with van der Waals surface area (Å²) in [6.45, 7) is 6.42. The summed E-state index contributed by atoms with van der Waals surface area (Å²) in [7, 11) is 0. The maximum Gasteiger partial charge on any atom is 0.162 e. The van der Waals surface area contributed by atoms with Crippen molar-refractivity contribution in [3.63, 3.8) is 0 Å². The highest BCUT2D eigenvalue weighted by Gasteiger charge is 2.19. The van der Waals surface area contributed by atoms with E-state index < -0.39 is 0 Å². The number of hydrogen-bond donors (Lipinski definition) is 0. The van der Waals surface area contributed by atoms with Gasteiger partial charge in [0.25, 0.3) is 0 Å². The molecule has 57 heavy (non-hydrogen) atoms. The molecule has 3 heteroatoms. The number of aliphatic imine (C=N–C) groups is 3. The van der Waals surface area contributed by atoms with Gasteiger partial charge in [-0.25, -0.2) is 15.0 Å². The second-order valence-corrected chi connectivity index (χ2v) is 14.0. The van der Waals surface area contributed by atoms with E-state index in [1.807, 2.05) is 67.6 Å². The van der Waals surface area contributed by atoms with Crippen LogP contribution in [0.1, 0.15) is 34.7 Å². The number of hydrogen-bond acceptors (Lipinski definition) is 3. The summed E-state index contributed by atoms with van der Waals surface area (Å²) in [5, 5.41) is 4.96. The maximum absolute atomic E-state index is 5.20. The SMILES string of the molecule is C/C=C\C=C/c1cc2ccc(-c3ccc(-c4c(C5=N/C=C\C=C/C=C/C=N/C(c6ccccc6)=N\5)ccc(-c5ccccc5C)c4C)cc3)cc2c2ccccc12. The molecule has 0 amide bonds. The van der Waals surface area contributed by atoms with Gasteiger partial charge in [-0.15, -0.1) is 0 Å². The van der Waals surface area contributed by atoms with Crippen molar-refractivity contribution in [2.45, 2.75) is 20.8 Å². The number of allylic oxidation sites excluding steroid dienone is 8. The second kappa shape index (κ2) is 17.1. The molecule has 274 valence electrons. The Morgan fingerprint density at radius 3 is 2.02 bits per heavy atom. The van der Waals surface area contributed by atoms with Crippen LogP contribution < -0.4 is 0 Å². The van der Waals surface area contributed by atoms with Gasteiger partial charge in [0.1, 0.15) is 0 Å². The summed E-state index contributed by atoms with van der Waals surface area (Å²) in [5.41, 5.74) is 12.3. The first-order chi connectivity index (χ1) is 28.1. The van der Waals surface area contributed by atoms with Crippen LogP contribution in [0.25, 0.3) is 61.0 Å². The third-order valence-corrected chi connectivity index (χ3v) is 10.4. The normalized spacial score (nSPS) is 17.4. The quantitative estimate of drug-likeness (QED) is 0.116. The zero-order valence-corrected chi connectivity index (χ0v) is 32.5. The predicted molar refractivity (Wildman–Crippen MR) is 247 cm³/mol. The van der Waals surface area contributed by atoms with E-state index in [9.17, 15) is 0 Å². The van der Waals surface area contributed by atoms with Gasteiger partial charge in [0.15, 0.2) is 11.7 Å². The van der Waals surface area contributed by atoms with Gasteiger partial charge in [-0.2, -0.15) is 0 Å². The van der Waals surface area contributed by atoms with E-state index in [4.69, 9.17) is 15.0 Å². The molecule has 0 saturated carbocycles. The van der Waals surface area contributed by atoms with Crippen LogP contribution in [0.4, 0.5) is 0 Å². The Kier molecular flexibility index (Phi) is 11.0. The predicted octanol–water partition coefficient (Wildman–Crippen LogP) is 14.1. The van der Waals surface area contributed by atoms with Crippen molar-refractivity contribution in [3.05, 3.63) is 222 Å². The van der Waals surface area contributed by atoms with Gasteiger partial charge < -0.3 is 0 Å². The molecular formula is C54H43N3. The van der Waals surface area contributed by atoms with Crippen molar-refractivity contribution in [3.8, 4) is 33.4 Å². The lowest BCUT2D eigenvalue weighted by Gasteiger charge is -2.19. The lowest BCUT2D eigenvalue weighted by molar-refractivity contribution is 1.37. The fourth-order valence-electron chi connectivity index (χ4n) is 7.52. The Morgan fingerprint density at radius 2 is 1.19 bits per heavy atom. The molecule has 0 aliphatic carbocycles. The summed E-state index contributed by atoms with van der Waals surface area (Å²) in [5.74, 6) is 1.17. The first kappa shape index (κ1) is 36.7. The average Bonchev–Trinajstić information content (AvgIpc) is 3.24. The van der Waals surface area contributed by atoms with Crippen molar-refractivity contribution in [2.75, 3.05) is 0 Å². The average molecular weight is 734 g/mol. The standard InChI is InChI=1S/C54H43N3/c1-4-5-10-22-44-36-45-31-30-43(37-51(45)49-25-16-15-24-48(44)49)40-26-28-41(29-27-40)52-39(3)47(46-23-14-13-19-38(46)2)32-33-50(52)54-56-35-18-8-6-7-17-34-55-53(57-54)42-20-11-9-12-21-42/h4-37H,1-3H3/b5-4-,7-6?,8-6-,17-7+,18-8?,22-10-,34-17?,35-18-,55-34+,55-53?,56-35?,56-54-,57-53-,57-54?. The van der Waals surface area contributed by atoms with Crippen LogP contribution in [0.5, 0.6) is 0 Å². The molecule has 8 rings (SSSR count). The highest BCUT2D eigenvalue weighted by atomic mass is 15.0. The molecular weight excluding hydrogens is 691 g/mol.